The first-order valence-corrected chi connectivity index (χ1v) is 9.74. The highest BCUT2D eigenvalue weighted by Crippen LogP contribution is 2.25. The van der Waals surface area contributed by atoms with Crippen LogP contribution in [0.1, 0.15) is 23.9 Å². The van der Waals surface area contributed by atoms with Gasteiger partial charge in [-0.2, -0.15) is 5.10 Å². The fourth-order valence-corrected chi connectivity index (χ4v) is 4.36. The van der Waals surface area contributed by atoms with Crippen LogP contribution >= 0.6 is 0 Å². The Balaban J connectivity index is 2.01. The molecular weight excluding hydrogens is 353 g/mol. The van der Waals surface area contributed by atoms with Gasteiger partial charge in [0, 0.05) is 5.69 Å². The molecule has 0 aliphatic heterocycles. The van der Waals surface area contributed by atoms with Crippen LogP contribution in [0.15, 0.2) is 53.4 Å². The molecule has 0 amide bonds. The number of hydrogen-bond donors (Lipinski definition) is 1. The Morgan fingerprint density at radius 2 is 1.81 bits per heavy atom. The molecule has 0 radical (unpaired) electrons. The monoisotopic (exact) mass is 373 g/mol. The van der Waals surface area contributed by atoms with Gasteiger partial charge in [0.1, 0.15) is 10.7 Å². The number of halogens is 1. The molecule has 136 valence electrons. The van der Waals surface area contributed by atoms with Gasteiger partial charge in [0.15, 0.2) is 0 Å². The molecule has 0 saturated carbocycles. The van der Waals surface area contributed by atoms with Crippen molar-refractivity contribution in [1.29, 1.82) is 0 Å². The first kappa shape index (κ1) is 18.1. The van der Waals surface area contributed by atoms with Crippen LogP contribution in [0.3, 0.4) is 0 Å². The van der Waals surface area contributed by atoms with Crippen molar-refractivity contribution >= 4 is 15.7 Å². The van der Waals surface area contributed by atoms with E-state index in [0.29, 0.717) is 22.8 Å². The average molecular weight is 373 g/mol. The molecule has 0 unspecified atom stereocenters. The van der Waals surface area contributed by atoms with E-state index in [1.807, 2.05) is 25.1 Å². The van der Waals surface area contributed by atoms with E-state index in [1.54, 1.807) is 32.0 Å². The summed E-state index contributed by atoms with van der Waals surface area (Å²) in [6, 6.07) is 13.0. The van der Waals surface area contributed by atoms with Crippen LogP contribution in [0.25, 0.3) is 5.69 Å². The van der Waals surface area contributed by atoms with E-state index in [4.69, 9.17) is 0 Å². The number of hydrogen-bond acceptors (Lipinski definition) is 3. The van der Waals surface area contributed by atoms with Crippen LogP contribution in [0.5, 0.6) is 0 Å². The SMILES string of the molecule is CCc1cccc(NS(=O)(=O)c2c(C)nn(-c3ccc(F)cc3)c2C)c1. The summed E-state index contributed by atoms with van der Waals surface area (Å²) in [4.78, 5) is 0.128. The summed E-state index contributed by atoms with van der Waals surface area (Å²) in [6.45, 7) is 5.33. The summed E-state index contributed by atoms with van der Waals surface area (Å²) in [5, 5.41) is 4.33. The van der Waals surface area contributed by atoms with E-state index in [2.05, 4.69) is 9.82 Å². The number of aryl methyl sites for hydroxylation is 2. The summed E-state index contributed by atoms with van der Waals surface area (Å²) in [5.74, 6) is -0.361. The molecule has 26 heavy (non-hydrogen) atoms. The largest absolute Gasteiger partial charge is 0.280 e. The zero-order chi connectivity index (χ0) is 18.9. The Bertz CT molecular complexity index is 1040. The Hall–Kier alpha value is -2.67. The van der Waals surface area contributed by atoms with Crippen LogP contribution in [-0.2, 0) is 16.4 Å². The maximum atomic E-state index is 13.1. The van der Waals surface area contributed by atoms with E-state index in [0.717, 1.165) is 12.0 Å². The number of benzene rings is 2. The molecule has 0 aliphatic rings. The molecule has 7 heteroatoms. The molecule has 3 rings (SSSR count). The van der Waals surface area contributed by atoms with E-state index in [1.165, 1.54) is 16.8 Å². The van der Waals surface area contributed by atoms with Crippen molar-refractivity contribution in [3.63, 3.8) is 0 Å². The normalized spacial score (nSPS) is 11.5. The molecule has 0 spiro atoms. The molecule has 1 heterocycles. The molecule has 1 aromatic heterocycles. The molecular formula is C19H20FN3O2S. The molecule has 0 atom stereocenters. The van der Waals surface area contributed by atoms with Crippen molar-refractivity contribution in [3.05, 3.63) is 71.3 Å². The molecule has 3 aromatic rings. The summed E-state index contributed by atoms with van der Waals surface area (Å²) in [6.07, 6.45) is 0.816. The number of sulfonamides is 1. The zero-order valence-corrected chi connectivity index (χ0v) is 15.6. The molecule has 0 aliphatic carbocycles. The highest BCUT2D eigenvalue weighted by atomic mass is 32.2. The zero-order valence-electron chi connectivity index (χ0n) is 14.8. The lowest BCUT2D eigenvalue weighted by atomic mass is 10.1. The summed E-state index contributed by atoms with van der Waals surface area (Å²) >= 11 is 0. The number of aromatic nitrogens is 2. The maximum Gasteiger partial charge on any atom is 0.265 e. The van der Waals surface area contributed by atoms with Crippen molar-refractivity contribution in [2.24, 2.45) is 0 Å². The minimum Gasteiger partial charge on any atom is -0.280 e. The maximum absolute atomic E-state index is 13.1. The lowest BCUT2D eigenvalue weighted by molar-refractivity contribution is 0.600. The van der Waals surface area contributed by atoms with E-state index < -0.39 is 10.0 Å². The standard InChI is InChI=1S/C19H20FN3O2S/c1-4-15-6-5-7-17(12-15)22-26(24,25)19-13(2)21-23(14(19)3)18-10-8-16(20)9-11-18/h5-12,22H,4H2,1-3H3. The van der Waals surface area contributed by atoms with Gasteiger partial charge in [-0.05, 0) is 62.2 Å². The van der Waals surface area contributed by atoms with Crippen molar-refractivity contribution in [2.45, 2.75) is 32.1 Å². The fourth-order valence-electron chi connectivity index (χ4n) is 2.91. The lowest BCUT2D eigenvalue weighted by Crippen LogP contribution is -2.15. The van der Waals surface area contributed by atoms with Crippen molar-refractivity contribution in [1.82, 2.24) is 9.78 Å². The van der Waals surface area contributed by atoms with Gasteiger partial charge in [0.25, 0.3) is 10.0 Å². The topological polar surface area (TPSA) is 64.0 Å². The summed E-state index contributed by atoms with van der Waals surface area (Å²) in [5.41, 5.74) is 3.00. The third-order valence-electron chi connectivity index (χ3n) is 4.15. The van der Waals surface area contributed by atoms with E-state index in [9.17, 15) is 12.8 Å². The second-order valence-corrected chi connectivity index (χ2v) is 7.67. The Labute approximate surface area is 152 Å². The number of nitrogens with one attached hydrogen (secondary N) is 1. The highest BCUT2D eigenvalue weighted by molar-refractivity contribution is 7.92. The first-order valence-electron chi connectivity index (χ1n) is 8.25. The number of anilines is 1. The Kier molecular flexibility index (Phi) is 4.82. The molecule has 1 N–H and O–H groups in total. The summed E-state index contributed by atoms with van der Waals surface area (Å²) in [7, 11) is -3.80. The van der Waals surface area contributed by atoms with Gasteiger partial charge in [0.05, 0.1) is 17.1 Å². The predicted octanol–water partition coefficient (Wildman–Crippen LogP) is 3.99. The quantitative estimate of drug-likeness (QED) is 0.735. The van der Waals surface area contributed by atoms with Crippen LogP contribution in [-0.4, -0.2) is 18.2 Å². The van der Waals surface area contributed by atoms with Gasteiger partial charge in [-0.3, -0.25) is 4.72 Å². The first-order chi connectivity index (χ1) is 12.3. The van der Waals surface area contributed by atoms with Crippen LogP contribution in [0.2, 0.25) is 0 Å². The van der Waals surface area contributed by atoms with Crippen molar-refractivity contribution < 1.29 is 12.8 Å². The number of rotatable bonds is 5. The van der Waals surface area contributed by atoms with Gasteiger partial charge in [0.2, 0.25) is 0 Å². The second kappa shape index (κ2) is 6.92. The van der Waals surface area contributed by atoms with Crippen molar-refractivity contribution in [2.75, 3.05) is 4.72 Å². The smallest absolute Gasteiger partial charge is 0.265 e. The average Bonchev–Trinajstić information content (AvgIpc) is 2.90. The van der Waals surface area contributed by atoms with Crippen LogP contribution < -0.4 is 4.72 Å². The number of nitrogens with zero attached hydrogens (tertiary/aromatic N) is 2. The molecule has 2 aromatic carbocycles. The Morgan fingerprint density at radius 3 is 2.46 bits per heavy atom. The van der Waals surface area contributed by atoms with Gasteiger partial charge in [-0.15, -0.1) is 0 Å². The van der Waals surface area contributed by atoms with Gasteiger partial charge < -0.3 is 0 Å². The van der Waals surface area contributed by atoms with Gasteiger partial charge in [-0.25, -0.2) is 17.5 Å². The lowest BCUT2D eigenvalue weighted by Gasteiger charge is -2.10. The fraction of sp³-hybridized carbons (Fsp3) is 0.211. The molecule has 0 fully saturated rings. The third kappa shape index (κ3) is 3.48. The Morgan fingerprint density at radius 1 is 1.12 bits per heavy atom. The molecule has 0 saturated heterocycles. The molecule has 5 nitrogen and oxygen atoms in total. The third-order valence-corrected chi connectivity index (χ3v) is 5.79. The summed E-state index contributed by atoms with van der Waals surface area (Å²) < 4.78 is 43.1. The molecule has 0 bridgehead atoms. The van der Waals surface area contributed by atoms with E-state index >= 15 is 0 Å². The second-order valence-electron chi connectivity index (χ2n) is 6.05. The van der Waals surface area contributed by atoms with Crippen LogP contribution in [0.4, 0.5) is 10.1 Å². The van der Waals surface area contributed by atoms with Crippen LogP contribution in [0, 0.1) is 19.7 Å². The minimum atomic E-state index is -3.80. The minimum absolute atomic E-state index is 0.128. The van der Waals surface area contributed by atoms with E-state index in [-0.39, 0.29) is 10.7 Å². The van der Waals surface area contributed by atoms with Crippen molar-refractivity contribution in [3.8, 4) is 5.69 Å². The van der Waals surface area contributed by atoms with Gasteiger partial charge in [-0.1, -0.05) is 19.1 Å². The highest BCUT2D eigenvalue weighted by Gasteiger charge is 2.25. The predicted molar refractivity (Wildman–Crippen MR) is 99.6 cm³/mol. The van der Waals surface area contributed by atoms with Gasteiger partial charge >= 0.3 is 0 Å².